The third-order valence-corrected chi connectivity index (χ3v) is 3.65. The number of carbonyl (C=O) groups is 1. The standard InChI is InChI=1S/C15H16N2OS/c1-10-4-5-13(11(2)8-10)14(18)9-19-15-16-7-6-12(3)17-15/h4-8H,9H2,1-3H3. The maximum Gasteiger partial charge on any atom is 0.188 e. The molecule has 0 amide bonds. The lowest BCUT2D eigenvalue weighted by molar-refractivity contribution is 0.102. The number of aryl methyl sites for hydroxylation is 3. The molecule has 4 heteroatoms. The molecule has 0 bridgehead atoms. The predicted molar refractivity (Wildman–Crippen MR) is 77.7 cm³/mol. The Balaban J connectivity index is 2.05. The molecule has 0 fully saturated rings. The number of thioether (sulfide) groups is 1. The third-order valence-electron chi connectivity index (χ3n) is 2.79. The summed E-state index contributed by atoms with van der Waals surface area (Å²) < 4.78 is 0. The van der Waals surface area contributed by atoms with Crippen molar-refractivity contribution in [2.45, 2.75) is 25.9 Å². The first kappa shape index (κ1) is 13.7. The van der Waals surface area contributed by atoms with Gasteiger partial charge in [0.1, 0.15) is 0 Å². The van der Waals surface area contributed by atoms with Crippen molar-refractivity contribution in [1.29, 1.82) is 0 Å². The molecular formula is C15H16N2OS. The molecule has 2 rings (SSSR count). The maximum atomic E-state index is 12.2. The van der Waals surface area contributed by atoms with Crippen LogP contribution in [0.1, 0.15) is 27.2 Å². The van der Waals surface area contributed by atoms with Gasteiger partial charge in [0.25, 0.3) is 0 Å². The number of carbonyl (C=O) groups excluding carboxylic acids is 1. The zero-order valence-corrected chi connectivity index (χ0v) is 12.1. The Hall–Kier alpha value is -1.68. The summed E-state index contributed by atoms with van der Waals surface area (Å²) in [5.41, 5.74) is 3.89. The molecule has 0 unspecified atom stereocenters. The highest BCUT2D eigenvalue weighted by atomic mass is 32.2. The van der Waals surface area contributed by atoms with Crippen molar-refractivity contribution in [2.24, 2.45) is 0 Å². The Morgan fingerprint density at radius 3 is 2.68 bits per heavy atom. The van der Waals surface area contributed by atoms with E-state index in [9.17, 15) is 4.79 Å². The van der Waals surface area contributed by atoms with Gasteiger partial charge < -0.3 is 0 Å². The molecule has 0 saturated carbocycles. The molecule has 0 N–H and O–H groups in total. The normalized spacial score (nSPS) is 10.5. The maximum absolute atomic E-state index is 12.2. The van der Waals surface area contributed by atoms with E-state index in [-0.39, 0.29) is 5.78 Å². The SMILES string of the molecule is Cc1ccc(C(=O)CSc2nccc(C)n2)c(C)c1. The molecule has 1 aromatic heterocycles. The van der Waals surface area contributed by atoms with Crippen molar-refractivity contribution < 1.29 is 4.79 Å². The van der Waals surface area contributed by atoms with E-state index in [2.05, 4.69) is 9.97 Å². The number of benzene rings is 1. The van der Waals surface area contributed by atoms with Crippen LogP contribution in [0.15, 0.2) is 35.6 Å². The summed E-state index contributed by atoms with van der Waals surface area (Å²) in [5, 5.41) is 0.651. The van der Waals surface area contributed by atoms with E-state index in [0.717, 1.165) is 16.8 Å². The molecule has 1 aromatic carbocycles. The van der Waals surface area contributed by atoms with Gasteiger partial charge >= 0.3 is 0 Å². The molecule has 1 heterocycles. The van der Waals surface area contributed by atoms with Crippen molar-refractivity contribution in [3.05, 3.63) is 52.8 Å². The van der Waals surface area contributed by atoms with Gasteiger partial charge in [-0.15, -0.1) is 0 Å². The van der Waals surface area contributed by atoms with Crippen LogP contribution >= 0.6 is 11.8 Å². The number of ketones is 1. The summed E-state index contributed by atoms with van der Waals surface area (Å²) in [6.45, 7) is 5.91. The Labute approximate surface area is 117 Å². The molecule has 0 spiro atoms. The lowest BCUT2D eigenvalue weighted by Crippen LogP contribution is -2.05. The van der Waals surface area contributed by atoms with Gasteiger partial charge in [-0.25, -0.2) is 9.97 Å². The molecule has 0 aliphatic rings. The molecule has 2 aromatic rings. The Kier molecular flexibility index (Phi) is 4.32. The quantitative estimate of drug-likeness (QED) is 0.486. The van der Waals surface area contributed by atoms with Gasteiger partial charge in [-0.05, 0) is 32.4 Å². The monoisotopic (exact) mass is 272 g/mol. The van der Waals surface area contributed by atoms with Gasteiger partial charge in [0, 0.05) is 17.5 Å². The average Bonchev–Trinajstić information content (AvgIpc) is 2.36. The lowest BCUT2D eigenvalue weighted by Gasteiger charge is -2.05. The fourth-order valence-corrected chi connectivity index (χ4v) is 2.59. The van der Waals surface area contributed by atoms with E-state index in [4.69, 9.17) is 0 Å². The highest BCUT2D eigenvalue weighted by molar-refractivity contribution is 7.99. The van der Waals surface area contributed by atoms with Crippen molar-refractivity contribution in [3.8, 4) is 0 Å². The highest BCUT2D eigenvalue weighted by Crippen LogP contribution is 2.17. The van der Waals surface area contributed by atoms with Crippen LogP contribution in [0.5, 0.6) is 0 Å². The van der Waals surface area contributed by atoms with Crippen LogP contribution in [-0.4, -0.2) is 21.5 Å². The number of Topliss-reactive ketones (excluding diaryl/α,β-unsaturated/α-hetero) is 1. The summed E-state index contributed by atoms with van der Waals surface area (Å²) in [5.74, 6) is 0.487. The van der Waals surface area contributed by atoms with E-state index in [0.29, 0.717) is 10.9 Å². The predicted octanol–water partition coefficient (Wildman–Crippen LogP) is 3.38. The van der Waals surface area contributed by atoms with E-state index < -0.39 is 0 Å². The third kappa shape index (κ3) is 3.64. The van der Waals surface area contributed by atoms with Gasteiger partial charge in [0.15, 0.2) is 10.9 Å². The lowest BCUT2D eigenvalue weighted by atomic mass is 10.0. The smallest absolute Gasteiger partial charge is 0.188 e. The van der Waals surface area contributed by atoms with Crippen molar-refractivity contribution >= 4 is 17.5 Å². The Morgan fingerprint density at radius 2 is 2.00 bits per heavy atom. The molecular weight excluding hydrogens is 256 g/mol. The molecule has 19 heavy (non-hydrogen) atoms. The zero-order chi connectivity index (χ0) is 13.8. The molecule has 98 valence electrons. The first-order valence-corrected chi connectivity index (χ1v) is 7.08. The second kappa shape index (κ2) is 5.97. The van der Waals surface area contributed by atoms with Crippen LogP contribution < -0.4 is 0 Å². The largest absolute Gasteiger partial charge is 0.293 e. The Morgan fingerprint density at radius 1 is 1.21 bits per heavy atom. The van der Waals surface area contributed by atoms with Gasteiger partial charge in [-0.1, -0.05) is 35.5 Å². The van der Waals surface area contributed by atoms with Crippen LogP contribution in [0.3, 0.4) is 0 Å². The molecule has 0 saturated heterocycles. The number of rotatable bonds is 4. The zero-order valence-electron chi connectivity index (χ0n) is 11.3. The number of hydrogen-bond acceptors (Lipinski definition) is 4. The van der Waals surface area contributed by atoms with Crippen molar-refractivity contribution in [2.75, 3.05) is 5.75 Å². The highest BCUT2D eigenvalue weighted by Gasteiger charge is 2.10. The second-order valence-corrected chi connectivity index (χ2v) is 5.45. The topological polar surface area (TPSA) is 42.9 Å². The van der Waals surface area contributed by atoms with Gasteiger partial charge in [0.2, 0.25) is 0 Å². The van der Waals surface area contributed by atoms with Gasteiger partial charge in [-0.3, -0.25) is 4.79 Å². The van der Waals surface area contributed by atoms with Crippen LogP contribution in [-0.2, 0) is 0 Å². The minimum atomic E-state index is 0.118. The number of nitrogens with zero attached hydrogens (tertiary/aromatic N) is 2. The van der Waals surface area contributed by atoms with Crippen LogP contribution in [0.2, 0.25) is 0 Å². The summed E-state index contributed by atoms with van der Waals surface area (Å²) in [6, 6.07) is 7.73. The molecule has 0 radical (unpaired) electrons. The fraction of sp³-hybridized carbons (Fsp3) is 0.267. The minimum absolute atomic E-state index is 0.118. The summed E-state index contributed by atoms with van der Waals surface area (Å²) >= 11 is 1.38. The molecule has 0 aliphatic carbocycles. The summed E-state index contributed by atoms with van der Waals surface area (Å²) in [6.07, 6.45) is 1.71. The summed E-state index contributed by atoms with van der Waals surface area (Å²) in [7, 11) is 0. The van der Waals surface area contributed by atoms with E-state index in [1.54, 1.807) is 6.20 Å². The van der Waals surface area contributed by atoms with Crippen molar-refractivity contribution in [3.63, 3.8) is 0 Å². The fourth-order valence-electron chi connectivity index (χ4n) is 1.83. The van der Waals surface area contributed by atoms with E-state index in [1.165, 1.54) is 17.3 Å². The van der Waals surface area contributed by atoms with Crippen LogP contribution in [0.4, 0.5) is 0 Å². The van der Waals surface area contributed by atoms with E-state index >= 15 is 0 Å². The minimum Gasteiger partial charge on any atom is -0.293 e. The molecule has 3 nitrogen and oxygen atoms in total. The van der Waals surface area contributed by atoms with Crippen LogP contribution in [0, 0.1) is 20.8 Å². The van der Waals surface area contributed by atoms with Gasteiger partial charge in [-0.2, -0.15) is 0 Å². The average molecular weight is 272 g/mol. The van der Waals surface area contributed by atoms with Gasteiger partial charge in [0.05, 0.1) is 5.75 Å². The first-order valence-electron chi connectivity index (χ1n) is 6.09. The van der Waals surface area contributed by atoms with Crippen LogP contribution in [0.25, 0.3) is 0 Å². The van der Waals surface area contributed by atoms with E-state index in [1.807, 2.05) is 45.0 Å². The summed E-state index contributed by atoms with van der Waals surface area (Å²) in [4.78, 5) is 20.6. The number of aromatic nitrogens is 2. The molecule has 0 aliphatic heterocycles. The Bertz CT molecular complexity index is 611. The van der Waals surface area contributed by atoms with Crippen molar-refractivity contribution in [1.82, 2.24) is 9.97 Å². The second-order valence-electron chi connectivity index (χ2n) is 4.51. The first-order chi connectivity index (χ1) is 9.06. The molecule has 0 atom stereocenters. The number of hydrogen-bond donors (Lipinski definition) is 0.